The maximum absolute atomic E-state index is 7.15. The van der Waals surface area contributed by atoms with Gasteiger partial charge in [-0.05, 0) is 11.1 Å². The largest absolute Gasteiger partial charge is 0.352 e. The molecule has 0 aliphatic heterocycles. The van der Waals surface area contributed by atoms with Crippen molar-refractivity contribution in [1.29, 1.82) is 0 Å². The fourth-order valence-electron chi connectivity index (χ4n) is 1.26. The Kier molecular flexibility index (Phi) is 10.4. The van der Waals surface area contributed by atoms with Crippen molar-refractivity contribution in [2.75, 3.05) is 0 Å². The normalized spacial score (nSPS) is 8.38. The molecule has 82 valence electrons. The molecule has 0 saturated carbocycles. The fraction of sp³-hybridized carbons (Fsp3) is 0. The van der Waals surface area contributed by atoms with Gasteiger partial charge in [0.05, 0.1) is 0 Å². The van der Waals surface area contributed by atoms with E-state index in [9.17, 15) is 0 Å². The van der Waals surface area contributed by atoms with Crippen LogP contribution in [-0.4, -0.2) is 9.79 Å². The molecule has 0 radical (unpaired) electrons. The summed E-state index contributed by atoms with van der Waals surface area (Å²) in [6, 6.07) is 20.8. The van der Waals surface area contributed by atoms with Gasteiger partial charge in [-0.3, -0.25) is 0 Å². The maximum atomic E-state index is 7.15. The fourth-order valence-corrected chi connectivity index (χ4v) is 1.26. The summed E-state index contributed by atoms with van der Waals surface area (Å²) in [6.45, 7) is 0. The minimum absolute atomic E-state index is 0. The molecule has 0 aromatic heterocycles. The molecule has 0 aliphatic carbocycles. The van der Waals surface area contributed by atoms with E-state index in [1.54, 1.807) is 0 Å². The van der Waals surface area contributed by atoms with E-state index in [0.29, 0.717) is 0 Å². The van der Waals surface area contributed by atoms with E-state index in [1.165, 1.54) is 11.1 Å². The average Bonchev–Trinajstić information content (AvgIpc) is 2.32. The third kappa shape index (κ3) is 6.02. The van der Waals surface area contributed by atoms with Crippen molar-refractivity contribution in [3.63, 3.8) is 0 Å². The van der Waals surface area contributed by atoms with Crippen LogP contribution in [0.15, 0.2) is 60.7 Å². The van der Waals surface area contributed by atoms with E-state index in [4.69, 9.17) is 9.79 Å². The smallest absolute Gasteiger partial charge is 0.149 e. The molecule has 0 saturated heterocycles. The summed E-state index contributed by atoms with van der Waals surface area (Å²) in [5, 5.41) is 0. The van der Waals surface area contributed by atoms with Gasteiger partial charge in [0.25, 0.3) is 0 Å². The van der Waals surface area contributed by atoms with Gasteiger partial charge in [0.2, 0.25) is 0 Å². The first kappa shape index (κ1) is 16.1. The Labute approximate surface area is 130 Å². The molecular weight excluding hydrogens is 351 g/mol. The van der Waals surface area contributed by atoms with Crippen LogP contribution in [0, 0.1) is 40.8 Å². The number of rotatable bonds is 1. The van der Waals surface area contributed by atoms with Crippen LogP contribution in [0.25, 0.3) is 11.1 Å². The molecule has 16 heavy (non-hydrogen) atoms. The molecule has 4 heteroatoms. The molecular formula is C12H13NdO2P. The minimum Gasteiger partial charge on any atom is -0.352 e. The Morgan fingerprint density at radius 1 is 0.625 bits per heavy atom. The molecule has 2 aromatic carbocycles. The summed E-state index contributed by atoms with van der Waals surface area (Å²) in [6.07, 6.45) is 0. The van der Waals surface area contributed by atoms with Crippen LogP contribution in [0.3, 0.4) is 0 Å². The molecule has 0 heterocycles. The van der Waals surface area contributed by atoms with Crippen LogP contribution >= 0.6 is 9.03 Å². The van der Waals surface area contributed by atoms with Gasteiger partial charge in [-0.1, -0.05) is 60.7 Å². The molecule has 0 bridgehead atoms. The van der Waals surface area contributed by atoms with Crippen molar-refractivity contribution >= 4 is 9.03 Å². The molecule has 2 rings (SSSR count). The summed E-state index contributed by atoms with van der Waals surface area (Å²) in [5.41, 5.74) is 2.55. The Morgan fingerprint density at radius 2 is 0.875 bits per heavy atom. The van der Waals surface area contributed by atoms with Gasteiger partial charge < -0.3 is 9.79 Å². The molecule has 0 unspecified atom stereocenters. The van der Waals surface area contributed by atoms with E-state index in [0.717, 1.165) is 0 Å². The van der Waals surface area contributed by atoms with Gasteiger partial charge in [0.15, 0.2) is 0 Å². The first-order valence-corrected chi connectivity index (χ1v) is 5.41. The Morgan fingerprint density at radius 3 is 1.12 bits per heavy atom. The predicted molar refractivity (Wildman–Crippen MR) is 64.6 cm³/mol. The Hall–Kier alpha value is 0.141. The van der Waals surface area contributed by atoms with Crippen molar-refractivity contribution in [3.05, 3.63) is 60.7 Å². The van der Waals surface area contributed by atoms with Crippen LogP contribution in [-0.2, 0) is 0 Å². The topological polar surface area (TPSA) is 40.5 Å². The van der Waals surface area contributed by atoms with Crippen molar-refractivity contribution in [1.82, 2.24) is 0 Å². The van der Waals surface area contributed by atoms with Crippen molar-refractivity contribution in [2.24, 2.45) is 0 Å². The second-order valence-electron chi connectivity index (χ2n) is 2.83. The molecule has 0 fully saturated rings. The first-order valence-electron chi connectivity index (χ1n) is 4.52. The quantitative estimate of drug-likeness (QED) is 0.764. The maximum Gasteiger partial charge on any atom is 0.149 e. The molecule has 0 spiro atoms. The zero-order valence-corrected chi connectivity index (χ0v) is 12.9. The van der Waals surface area contributed by atoms with Crippen LogP contribution in [0.5, 0.6) is 0 Å². The monoisotopic (exact) mass is 362 g/mol. The second-order valence-corrected chi connectivity index (χ2v) is 3.03. The van der Waals surface area contributed by atoms with Gasteiger partial charge in [-0.15, -0.1) is 0 Å². The second kappa shape index (κ2) is 10.3. The zero-order valence-electron chi connectivity index (χ0n) is 8.67. The molecule has 0 aliphatic rings. The van der Waals surface area contributed by atoms with E-state index >= 15 is 0 Å². The third-order valence-corrected chi connectivity index (χ3v) is 1.88. The average molecular weight is 364 g/mol. The Bertz CT molecular complexity index is 330. The van der Waals surface area contributed by atoms with Gasteiger partial charge in [0, 0.05) is 40.8 Å². The van der Waals surface area contributed by atoms with Gasteiger partial charge in [-0.25, -0.2) is 0 Å². The summed E-state index contributed by atoms with van der Waals surface area (Å²) in [4.78, 5) is 14.3. The predicted octanol–water partition coefficient (Wildman–Crippen LogP) is 2.83. The van der Waals surface area contributed by atoms with Crippen molar-refractivity contribution < 1.29 is 50.6 Å². The number of hydrogen-bond acceptors (Lipinski definition) is 2. The van der Waals surface area contributed by atoms with Crippen LogP contribution < -0.4 is 0 Å². The number of benzene rings is 2. The van der Waals surface area contributed by atoms with Crippen LogP contribution in [0.2, 0.25) is 0 Å². The minimum atomic E-state index is -0.917. The van der Waals surface area contributed by atoms with Gasteiger partial charge in [-0.2, -0.15) is 0 Å². The van der Waals surface area contributed by atoms with E-state index < -0.39 is 9.03 Å². The van der Waals surface area contributed by atoms with Crippen LogP contribution in [0.4, 0.5) is 0 Å². The third-order valence-electron chi connectivity index (χ3n) is 1.88. The first-order chi connectivity index (χ1) is 7.38. The summed E-state index contributed by atoms with van der Waals surface area (Å²) in [7, 11) is -0.917. The zero-order chi connectivity index (χ0) is 10.9. The van der Waals surface area contributed by atoms with Crippen molar-refractivity contribution in [2.45, 2.75) is 0 Å². The van der Waals surface area contributed by atoms with E-state index in [1.807, 2.05) is 12.1 Å². The van der Waals surface area contributed by atoms with Gasteiger partial charge in [0.1, 0.15) is 9.03 Å². The van der Waals surface area contributed by atoms with Crippen molar-refractivity contribution in [3.8, 4) is 11.1 Å². The summed E-state index contributed by atoms with van der Waals surface area (Å²) in [5.74, 6) is 0. The molecule has 2 N–H and O–H groups in total. The molecule has 2 nitrogen and oxygen atoms in total. The molecule has 0 atom stereocenters. The molecule has 0 amide bonds. The SMILES string of the molecule is OPO.[Nd].c1ccc(-c2ccccc2)cc1. The molecule has 2 aromatic rings. The number of hydrogen-bond donors (Lipinski definition) is 2. The van der Waals surface area contributed by atoms with E-state index in [2.05, 4.69) is 48.5 Å². The standard InChI is InChI=1S/C12H10.Nd.H3O2P/c1-3-7-11(8-4-1)12-9-5-2-6-10-12;;1-3-2/h1-10H;;1-3H. The summed E-state index contributed by atoms with van der Waals surface area (Å²) < 4.78 is 0. The van der Waals surface area contributed by atoms with Gasteiger partial charge >= 0.3 is 0 Å². The summed E-state index contributed by atoms with van der Waals surface area (Å²) >= 11 is 0. The van der Waals surface area contributed by atoms with E-state index in [-0.39, 0.29) is 40.8 Å². The van der Waals surface area contributed by atoms with Crippen LogP contribution in [0.1, 0.15) is 0 Å². The Balaban J connectivity index is 0.000000511.